The Hall–Kier alpha value is -2.25. The average molecular weight is 248 g/mol. The van der Waals surface area contributed by atoms with E-state index in [0.29, 0.717) is 0 Å². The summed E-state index contributed by atoms with van der Waals surface area (Å²) in [5.74, 6) is 0.659. The van der Waals surface area contributed by atoms with Gasteiger partial charge in [0.2, 0.25) is 0 Å². The SMILES string of the molecule is OCc1nnc(CO)n1N=Cc1ccc(O)cc1. The molecule has 0 spiro atoms. The molecular weight excluding hydrogens is 236 g/mol. The Morgan fingerprint density at radius 3 is 2.11 bits per heavy atom. The Balaban J connectivity index is 2.27. The summed E-state index contributed by atoms with van der Waals surface area (Å²) >= 11 is 0. The van der Waals surface area contributed by atoms with Crippen molar-refractivity contribution in [3.63, 3.8) is 0 Å². The molecule has 3 N–H and O–H groups in total. The molecule has 0 bridgehead atoms. The molecule has 94 valence electrons. The standard InChI is InChI=1S/C11H12N4O3/c16-6-10-13-14-11(7-17)15(10)12-5-8-1-3-9(18)4-2-8/h1-5,16-18H,6-7H2. The minimum atomic E-state index is -0.320. The third-order valence-corrected chi connectivity index (χ3v) is 2.27. The summed E-state index contributed by atoms with van der Waals surface area (Å²) in [6.07, 6.45) is 1.52. The lowest BCUT2D eigenvalue weighted by atomic mass is 10.2. The maximum atomic E-state index is 9.14. The lowest BCUT2D eigenvalue weighted by molar-refractivity contribution is 0.255. The molecule has 0 unspecified atom stereocenters. The minimum absolute atomic E-state index is 0.170. The zero-order valence-corrected chi connectivity index (χ0v) is 9.43. The van der Waals surface area contributed by atoms with Gasteiger partial charge in [0, 0.05) is 0 Å². The van der Waals surface area contributed by atoms with Crippen LogP contribution in [0.5, 0.6) is 5.75 Å². The van der Waals surface area contributed by atoms with E-state index in [1.54, 1.807) is 12.1 Å². The van der Waals surface area contributed by atoms with Gasteiger partial charge in [0.1, 0.15) is 19.0 Å². The van der Waals surface area contributed by atoms with Crippen LogP contribution in [0.25, 0.3) is 0 Å². The van der Waals surface area contributed by atoms with Gasteiger partial charge in [0.05, 0.1) is 6.21 Å². The number of aromatic hydroxyl groups is 1. The van der Waals surface area contributed by atoms with E-state index >= 15 is 0 Å². The van der Waals surface area contributed by atoms with Gasteiger partial charge in [0.25, 0.3) is 0 Å². The normalized spacial score (nSPS) is 11.2. The van der Waals surface area contributed by atoms with Crippen molar-refractivity contribution in [2.24, 2.45) is 5.10 Å². The maximum absolute atomic E-state index is 9.14. The van der Waals surface area contributed by atoms with Crippen LogP contribution in [-0.2, 0) is 13.2 Å². The second kappa shape index (κ2) is 5.39. The quantitative estimate of drug-likeness (QED) is 0.653. The predicted octanol–water partition coefficient (Wildman–Crippen LogP) is -0.150. The van der Waals surface area contributed by atoms with E-state index in [1.165, 1.54) is 23.0 Å². The molecule has 0 aliphatic carbocycles. The van der Waals surface area contributed by atoms with Crippen molar-refractivity contribution in [2.75, 3.05) is 0 Å². The number of phenols is 1. The zero-order chi connectivity index (χ0) is 13.0. The van der Waals surface area contributed by atoms with E-state index in [0.717, 1.165) is 5.56 Å². The Kier molecular flexibility index (Phi) is 3.66. The van der Waals surface area contributed by atoms with Crippen LogP contribution in [0.2, 0.25) is 0 Å². The second-order valence-electron chi connectivity index (χ2n) is 3.50. The van der Waals surface area contributed by atoms with Crippen molar-refractivity contribution < 1.29 is 15.3 Å². The summed E-state index contributed by atoms with van der Waals surface area (Å²) in [6, 6.07) is 6.43. The summed E-state index contributed by atoms with van der Waals surface area (Å²) in [6.45, 7) is -0.639. The topological polar surface area (TPSA) is 104 Å². The molecule has 0 aliphatic rings. The molecular formula is C11H12N4O3. The molecule has 7 heteroatoms. The molecule has 0 amide bonds. The van der Waals surface area contributed by atoms with Gasteiger partial charge >= 0.3 is 0 Å². The molecule has 0 atom stereocenters. The molecule has 0 radical (unpaired) electrons. The van der Waals surface area contributed by atoms with E-state index < -0.39 is 0 Å². The third-order valence-electron chi connectivity index (χ3n) is 2.27. The first kappa shape index (κ1) is 12.2. The van der Waals surface area contributed by atoms with E-state index in [-0.39, 0.29) is 30.6 Å². The summed E-state index contributed by atoms with van der Waals surface area (Å²) in [4.78, 5) is 0. The average Bonchev–Trinajstić information content (AvgIpc) is 2.80. The Labute approximate surface area is 103 Å². The highest BCUT2D eigenvalue weighted by atomic mass is 16.3. The molecule has 7 nitrogen and oxygen atoms in total. The van der Waals surface area contributed by atoms with Crippen LogP contribution in [0.1, 0.15) is 17.2 Å². The number of hydrogen-bond acceptors (Lipinski definition) is 6. The first-order valence-corrected chi connectivity index (χ1v) is 5.23. The van der Waals surface area contributed by atoms with Crippen molar-refractivity contribution in [3.8, 4) is 5.75 Å². The molecule has 0 saturated heterocycles. The number of hydrogen-bond donors (Lipinski definition) is 3. The van der Waals surface area contributed by atoms with E-state index in [4.69, 9.17) is 15.3 Å². The fourth-order valence-corrected chi connectivity index (χ4v) is 1.36. The van der Waals surface area contributed by atoms with Gasteiger partial charge in [-0.25, -0.2) is 0 Å². The van der Waals surface area contributed by atoms with Gasteiger partial charge in [-0.1, -0.05) is 0 Å². The van der Waals surface area contributed by atoms with Crippen molar-refractivity contribution >= 4 is 6.21 Å². The van der Waals surface area contributed by atoms with Gasteiger partial charge in [-0.15, -0.1) is 10.2 Å². The third kappa shape index (κ3) is 2.53. The van der Waals surface area contributed by atoms with Gasteiger partial charge in [-0.2, -0.15) is 9.78 Å². The smallest absolute Gasteiger partial charge is 0.180 e. The van der Waals surface area contributed by atoms with Gasteiger partial charge in [0.15, 0.2) is 11.6 Å². The van der Waals surface area contributed by atoms with Crippen LogP contribution in [0, 0.1) is 0 Å². The molecule has 2 rings (SSSR count). The number of benzene rings is 1. The molecule has 18 heavy (non-hydrogen) atoms. The van der Waals surface area contributed by atoms with Gasteiger partial charge < -0.3 is 15.3 Å². The molecule has 0 fully saturated rings. The van der Waals surface area contributed by atoms with Crippen LogP contribution in [0.3, 0.4) is 0 Å². The minimum Gasteiger partial charge on any atom is -0.508 e. The molecule has 1 aromatic heterocycles. The van der Waals surface area contributed by atoms with Crippen LogP contribution >= 0.6 is 0 Å². The number of rotatable bonds is 4. The largest absolute Gasteiger partial charge is 0.508 e. The first-order chi connectivity index (χ1) is 8.74. The summed E-state index contributed by atoms with van der Waals surface area (Å²) in [5.41, 5.74) is 0.759. The van der Waals surface area contributed by atoms with E-state index in [1.807, 2.05) is 0 Å². The van der Waals surface area contributed by atoms with Crippen LogP contribution in [-0.4, -0.2) is 36.4 Å². The summed E-state index contributed by atoms with van der Waals surface area (Å²) in [7, 11) is 0. The summed E-state index contributed by atoms with van der Waals surface area (Å²) in [5, 5.41) is 38.7. The molecule has 1 heterocycles. The first-order valence-electron chi connectivity index (χ1n) is 5.23. The number of aromatic nitrogens is 3. The molecule has 1 aromatic carbocycles. The van der Waals surface area contributed by atoms with Gasteiger partial charge in [-0.05, 0) is 29.8 Å². The fraction of sp³-hybridized carbons (Fsp3) is 0.182. The molecule has 0 aliphatic heterocycles. The van der Waals surface area contributed by atoms with E-state index in [2.05, 4.69) is 15.3 Å². The van der Waals surface area contributed by atoms with Crippen molar-refractivity contribution in [1.29, 1.82) is 0 Å². The fourth-order valence-electron chi connectivity index (χ4n) is 1.36. The number of aliphatic hydroxyl groups excluding tert-OH is 2. The Morgan fingerprint density at radius 2 is 1.61 bits per heavy atom. The highest BCUT2D eigenvalue weighted by Gasteiger charge is 2.08. The zero-order valence-electron chi connectivity index (χ0n) is 9.43. The Bertz CT molecular complexity index is 526. The highest BCUT2D eigenvalue weighted by molar-refractivity contribution is 5.79. The highest BCUT2D eigenvalue weighted by Crippen LogP contribution is 2.08. The number of nitrogens with zero attached hydrogens (tertiary/aromatic N) is 4. The van der Waals surface area contributed by atoms with Gasteiger partial charge in [-0.3, -0.25) is 0 Å². The van der Waals surface area contributed by atoms with Crippen LogP contribution in [0.15, 0.2) is 29.4 Å². The Morgan fingerprint density at radius 1 is 1.06 bits per heavy atom. The lowest BCUT2D eigenvalue weighted by Crippen LogP contribution is -2.03. The number of phenolic OH excluding ortho intramolecular Hbond substituents is 1. The molecule has 2 aromatic rings. The predicted molar refractivity (Wildman–Crippen MR) is 63.0 cm³/mol. The van der Waals surface area contributed by atoms with Crippen molar-refractivity contribution in [1.82, 2.24) is 14.9 Å². The van der Waals surface area contributed by atoms with Crippen molar-refractivity contribution in [3.05, 3.63) is 41.5 Å². The van der Waals surface area contributed by atoms with Crippen LogP contribution < -0.4 is 0 Å². The lowest BCUT2D eigenvalue weighted by Gasteiger charge is -2.00. The van der Waals surface area contributed by atoms with Crippen LogP contribution in [0.4, 0.5) is 0 Å². The van der Waals surface area contributed by atoms with E-state index in [9.17, 15) is 0 Å². The second-order valence-corrected chi connectivity index (χ2v) is 3.50. The molecule has 0 saturated carbocycles. The monoisotopic (exact) mass is 248 g/mol. The van der Waals surface area contributed by atoms with Crippen molar-refractivity contribution in [2.45, 2.75) is 13.2 Å². The summed E-state index contributed by atoms with van der Waals surface area (Å²) < 4.78 is 1.27. The maximum Gasteiger partial charge on any atom is 0.180 e. The number of aliphatic hydroxyl groups is 2.